The molecule has 0 saturated carbocycles. The molecule has 7 heteroatoms. The van der Waals surface area contributed by atoms with Gasteiger partial charge in [0, 0.05) is 5.69 Å². The third-order valence-corrected chi connectivity index (χ3v) is 5.08. The molecule has 2 aromatic carbocycles. The lowest BCUT2D eigenvalue weighted by Gasteiger charge is -2.13. The van der Waals surface area contributed by atoms with Gasteiger partial charge in [-0.1, -0.05) is 0 Å². The Morgan fingerprint density at radius 3 is 2.33 bits per heavy atom. The van der Waals surface area contributed by atoms with Crippen LogP contribution < -0.4 is 9.46 Å². The number of hydrogen-bond acceptors (Lipinski definition) is 4. The van der Waals surface area contributed by atoms with E-state index in [1.54, 1.807) is 38.1 Å². The Morgan fingerprint density at radius 1 is 1.17 bits per heavy atom. The molecule has 0 amide bonds. The second kappa shape index (κ2) is 6.92. The van der Waals surface area contributed by atoms with Crippen molar-refractivity contribution in [2.24, 2.45) is 0 Å². The van der Waals surface area contributed by atoms with Crippen molar-refractivity contribution in [2.45, 2.75) is 25.7 Å². The molecule has 0 aliphatic carbocycles. The minimum absolute atomic E-state index is 0.0474. The summed E-state index contributed by atoms with van der Waals surface area (Å²) in [5, 5.41) is 9.13. The summed E-state index contributed by atoms with van der Waals surface area (Å²) in [6, 6.07) is 9.12. The third-order valence-electron chi connectivity index (χ3n) is 3.57. The number of anilines is 1. The molecule has 0 aliphatic rings. The highest BCUT2D eigenvalue weighted by Gasteiger charge is 2.21. The van der Waals surface area contributed by atoms with Gasteiger partial charge in [0.15, 0.2) is 0 Å². The normalized spacial score (nSPS) is 11.1. The lowest BCUT2D eigenvalue weighted by molar-refractivity contribution is 0.0696. The van der Waals surface area contributed by atoms with Gasteiger partial charge in [-0.2, -0.15) is 0 Å². The highest BCUT2D eigenvalue weighted by atomic mass is 32.2. The maximum atomic E-state index is 12.6. The quantitative estimate of drug-likeness (QED) is 0.835. The average molecular weight is 349 g/mol. The van der Waals surface area contributed by atoms with E-state index in [1.807, 2.05) is 6.92 Å². The van der Waals surface area contributed by atoms with E-state index in [4.69, 9.17) is 9.84 Å². The van der Waals surface area contributed by atoms with Crippen molar-refractivity contribution in [3.05, 3.63) is 53.1 Å². The molecule has 2 N–H and O–H groups in total. The van der Waals surface area contributed by atoms with Crippen molar-refractivity contribution < 1.29 is 23.1 Å². The fourth-order valence-corrected chi connectivity index (χ4v) is 3.63. The molecule has 0 saturated heterocycles. The molecular weight excluding hydrogens is 330 g/mol. The maximum absolute atomic E-state index is 12.6. The van der Waals surface area contributed by atoms with Crippen LogP contribution in [0.1, 0.15) is 28.4 Å². The van der Waals surface area contributed by atoms with Crippen LogP contribution in [0.15, 0.2) is 41.3 Å². The molecule has 2 aromatic rings. The SMILES string of the molecule is CCOc1ccc(NS(=O)(=O)c2cc(C(=O)O)cc(C)c2C)cc1. The summed E-state index contributed by atoms with van der Waals surface area (Å²) in [5.41, 5.74) is 1.42. The lowest BCUT2D eigenvalue weighted by atomic mass is 10.1. The van der Waals surface area contributed by atoms with Gasteiger partial charge in [-0.05, 0) is 68.3 Å². The summed E-state index contributed by atoms with van der Waals surface area (Å²) < 4.78 is 33.0. The number of ether oxygens (including phenoxy) is 1. The zero-order valence-corrected chi connectivity index (χ0v) is 14.5. The van der Waals surface area contributed by atoms with Crippen LogP contribution >= 0.6 is 0 Å². The standard InChI is InChI=1S/C17H19NO5S/c1-4-23-15-7-5-14(6-8-15)18-24(21,22)16-10-13(17(19)20)9-11(2)12(16)3/h5-10,18H,4H2,1-3H3,(H,19,20). The van der Waals surface area contributed by atoms with Gasteiger partial charge in [0.05, 0.1) is 17.1 Å². The number of carboxylic acid groups (broad SMARTS) is 1. The van der Waals surface area contributed by atoms with Crippen LogP contribution in [0.5, 0.6) is 5.75 Å². The van der Waals surface area contributed by atoms with Crippen LogP contribution in [0.4, 0.5) is 5.69 Å². The molecule has 0 fully saturated rings. The molecule has 0 heterocycles. The van der Waals surface area contributed by atoms with Crippen LogP contribution in [-0.2, 0) is 10.0 Å². The molecule has 2 rings (SSSR count). The zero-order valence-electron chi connectivity index (χ0n) is 13.7. The van der Waals surface area contributed by atoms with Crippen molar-refractivity contribution in [1.82, 2.24) is 0 Å². The second-order valence-corrected chi connectivity index (χ2v) is 6.94. The number of rotatable bonds is 6. The predicted octanol–water partition coefficient (Wildman–Crippen LogP) is 3.20. The Balaban J connectivity index is 2.38. The summed E-state index contributed by atoms with van der Waals surface area (Å²) in [5.74, 6) is -0.532. The van der Waals surface area contributed by atoms with Gasteiger partial charge in [0.1, 0.15) is 5.75 Å². The second-order valence-electron chi connectivity index (χ2n) is 5.28. The number of benzene rings is 2. The summed E-state index contributed by atoms with van der Waals surface area (Å²) in [6.07, 6.45) is 0. The fraction of sp³-hybridized carbons (Fsp3) is 0.235. The first kappa shape index (κ1) is 17.8. The molecule has 0 bridgehead atoms. The monoisotopic (exact) mass is 349 g/mol. The molecule has 6 nitrogen and oxygen atoms in total. The number of hydrogen-bond donors (Lipinski definition) is 2. The number of aryl methyl sites for hydroxylation is 1. The van der Waals surface area contributed by atoms with Crippen molar-refractivity contribution in [2.75, 3.05) is 11.3 Å². The van der Waals surface area contributed by atoms with Crippen LogP contribution in [0.2, 0.25) is 0 Å². The van der Waals surface area contributed by atoms with Gasteiger partial charge in [-0.25, -0.2) is 13.2 Å². The largest absolute Gasteiger partial charge is 0.494 e. The van der Waals surface area contributed by atoms with Crippen LogP contribution in [0, 0.1) is 13.8 Å². The minimum Gasteiger partial charge on any atom is -0.494 e. The van der Waals surface area contributed by atoms with E-state index in [0.717, 1.165) is 0 Å². The minimum atomic E-state index is -3.90. The Hall–Kier alpha value is -2.54. The van der Waals surface area contributed by atoms with Gasteiger partial charge in [0.2, 0.25) is 0 Å². The molecule has 128 valence electrons. The van der Waals surface area contributed by atoms with Crippen molar-refractivity contribution in [1.29, 1.82) is 0 Å². The van der Waals surface area contributed by atoms with E-state index in [9.17, 15) is 13.2 Å². The number of carboxylic acids is 1. The van der Waals surface area contributed by atoms with Gasteiger partial charge in [-0.3, -0.25) is 4.72 Å². The van der Waals surface area contributed by atoms with Crippen molar-refractivity contribution in [3.8, 4) is 5.75 Å². The van der Waals surface area contributed by atoms with Crippen molar-refractivity contribution in [3.63, 3.8) is 0 Å². The fourth-order valence-electron chi connectivity index (χ4n) is 2.23. The molecule has 24 heavy (non-hydrogen) atoms. The highest BCUT2D eigenvalue weighted by Crippen LogP contribution is 2.24. The molecule has 0 atom stereocenters. The molecule has 0 aliphatic heterocycles. The first-order chi connectivity index (χ1) is 11.2. The molecule has 0 spiro atoms. The van der Waals surface area contributed by atoms with Gasteiger partial charge >= 0.3 is 5.97 Å². The number of nitrogens with one attached hydrogen (secondary N) is 1. The Morgan fingerprint density at radius 2 is 1.79 bits per heavy atom. The summed E-state index contributed by atoms with van der Waals surface area (Å²) in [6.45, 7) is 5.70. The summed E-state index contributed by atoms with van der Waals surface area (Å²) in [7, 11) is -3.90. The molecule has 0 unspecified atom stereocenters. The first-order valence-corrected chi connectivity index (χ1v) is 8.83. The summed E-state index contributed by atoms with van der Waals surface area (Å²) >= 11 is 0. The van der Waals surface area contributed by atoms with E-state index >= 15 is 0 Å². The van der Waals surface area contributed by atoms with Gasteiger partial charge < -0.3 is 9.84 Å². The molecule has 0 radical (unpaired) electrons. The summed E-state index contributed by atoms with van der Waals surface area (Å²) in [4.78, 5) is 11.1. The highest BCUT2D eigenvalue weighted by molar-refractivity contribution is 7.92. The third kappa shape index (κ3) is 3.86. The van der Waals surface area contributed by atoms with E-state index < -0.39 is 16.0 Å². The Bertz CT molecular complexity index is 857. The predicted molar refractivity (Wildman–Crippen MR) is 91.3 cm³/mol. The van der Waals surface area contributed by atoms with E-state index in [-0.39, 0.29) is 10.5 Å². The molecule has 0 aromatic heterocycles. The van der Waals surface area contributed by atoms with Crippen LogP contribution in [0.3, 0.4) is 0 Å². The zero-order chi connectivity index (χ0) is 17.9. The van der Waals surface area contributed by atoms with Crippen molar-refractivity contribution >= 4 is 21.7 Å². The van der Waals surface area contributed by atoms with Crippen LogP contribution in [-0.4, -0.2) is 26.1 Å². The first-order valence-electron chi connectivity index (χ1n) is 7.35. The van der Waals surface area contributed by atoms with E-state index in [2.05, 4.69) is 4.72 Å². The number of sulfonamides is 1. The number of aromatic carboxylic acids is 1. The van der Waals surface area contributed by atoms with Gasteiger partial charge in [-0.15, -0.1) is 0 Å². The maximum Gasteiger partial charge on any atom is 0.335 e. The van der Waals surface area contributed by atoms with E-state index in [1.165, 1.54) is 12.1 Å². The Labute approximate surface area is 141 Å². The smallest absolute Gasteiger partial charge is 0.335 e. The Kier molecular flexibility index (Phi) is 5.14. The van der Waals surface area contributed by atoms with Crippen LogP contribution in [0.25, 0.3) is 0 Å². The number of carbonyl (C=O) groups is 1. The van der Waals surface area contributed by atoms with E-state index in [0.29, 0.717) is 29.2 Å². The van der Waals surface area contributed by atoms with Gasteiger partial charge in [0.25, 0.3) is 10.0 Å². The lowest BCUT2D eigenvalue weighted by Crippen LogP contribution is -2.16. The molecular formula is C17H19NO5S. The average Bonchev–Trinajstić information content (AvgIpc) is 2.51. The topological polar surface area (TPSA) is 92.7 Å².